The van der Waals surface area contributed by atoms with E-state index in [0.717, 1.165) is 0 Å². The Kier molecular flexibility index (Phi) is 4.66. The highest BCUT2D eigenvalue weighted by atomic mass is 35.5. The first-order valence-corrected chi connectivity index (χ1v) is 5.38. The minimum atomic E-state index is -0.721. The summed E-state index contributed by atoms with van der Waals surface area (Å²) in [5, 5.41) is 0.384. The summed E-state index contributed by atoms with van der Waals surface area (Å²) in [6.07, 6.45) is 0. The lowest BCUT2D eigenvalue weighted by molar-refractivity contribution is -0.122. The number of benzene rings is 1. The van der Waals surface area contributed by atoms with Gasteiger partial charge < -0.3 is 5.73 Å². The molecule has 0 spiro atoms. The summed E-state index contributed by atoms with van der Waals surface area (Å²) < 4.78 is 13.1. The highest BCUT2D eigenvalue weighted by molar-refractivity contribution is 6.29. The highest BCUT2D eigenvalue weighted by Gasteiger charge is 2.23. The average molecular weight is 257 g/mol. The van der Waals surface area contributed by atoms with E-state index in [-0.39, 0.29) is 0 Å². The number of primary amides is 1. The lowest BCUT2D eigenvalue weighted by atomic mass is 10.1. The summed E-state index contributed by atoms with van der Waals surface area (Å²) in [5.74, 6) is -0.970. The van der Waals surface area contributed by atoms with Gasteiger partial charge in [0.05, 0.1) is 0 Å². The molecule has 0 aliphatic rings. The van der Waals surface area contributed by atoms with Crippen molar-refractivity contribution in [3.63, 3.8) is 0 Å². The maximum Gasteiger partial charge on any atom is 0.239 e. The van der Waals surface area contributed by atoms with Crippen molar-refractivity contribution in [2.45, 2.75) is 6.04 Å². The maximum absolute atomic E-state index is 13.1. The molecule has 0 aliphatic heterocycles. The van der Waals surface area contributed by atoms with Gasteiger partial charge in [0.25, 0.3) is 0 Å². The summed E-state index contributed by atoms with van der Waals surface area (Å²) >= 11 is 5.68. The molecule has 1 aromatic carbocycles. The van der Waals surface area contributed by atoms with Crippen LogP contribution in [0.25, 0.3) is 0 Å². The van der Waals surface area contributed by atoms with Crippen LogP contribution in [0, 0.1) is 5.82 Å². The van der Waals surface area contributed by atoms with Crippen LogP contribution in [0.2, 0.25) is 0 Å². The molecule has 92 valence electrons. The number of likely N-dealkylation sites (N-methyl/N-ethyl adjacent to an activating group) is 1. The van der Waals surface area contributed by atoms with Crippen molar-refractivity contribution >= 4 is 17.5 Å². The van der Waals surface area contributed by atoms with E-state index < -0.39 is 17.8 Å². The van der Waals surface area contributed by atoms with Crippen LogP contribution in [0.5, 0.6) is 0 Å². The van der Waals surface area contributed by atoms with Crippen molar-refractivity contribution in [1.82, 2.24) is 4.90 Å². The molecule has 3 nitrogen and oxygen atoms in total. The number of carbonyl (C=O) groups is 1. The zero-order valence-electron chi connectivity index (χ0n) is 9.49. The van der Waals surface area contributed by atoms with Crippen molar-refractivity contribution in [2.75, 3.05) is 13.6 Å². The summed E-state index contributed by atoms with van der Waals surface area (Å²) in [4.78, 5) is 13.0. The standard InChI is InChI=1S/C12H14ClFN2O/c1-8(13)7-16(2)11(12(15)17)9-4-3-5-10(14)6-9/h3-6,11H,1,7H2,2H3,(H2,15,17). The first kappa shape index (κ1) is 13.7. The lowest BCUT2D eigenvalue weighted by Gasteiger charge is -2.25. The molecule has 1 unspecified atom stereocenters. The molecule has 0 bridgehead atoms. The van der Waals surface area contributed by atoms with Crippen molar-refractivity contribution in [3.05, 3.63) is 47.3 Å². The third kappa shape index (κ3) is 3.84. The number of nitrogens with zero attached hydrogens (tertiary/aromatic N) is 1. The van der Waals surface area contributed by atoms with Gasteiger partial charge in [-0.3, -0.25) is 9.69 Å². The van der Waals surface area contributed by atoms with Crippen LogP contribution in [0.15, 0.2) is 35.9 Å². The van der Waals surface area contributed by atoms with E-state index in [4.69, 9.17) is 17.3 Å². The van der Waals surface area contributed by atoms with Crippen LogP contribution in [0.4, 0.5) is 4.39 Å². The Hall–Kier alpha value is -1.39. The molecule has 1 amide bonds. The van der Waals surface area contributed by atoms with E-state index in [0.29, 0.717) is 17.1 Å². The van der Waals surface area contributed by atoms with Gasteiger partial charge in [0.1, 0.15) is 11.9 Å². The Labute approximate surface area is 105 Å². The summed E-state index contributed by atoms with van der Waals surface area (Å²) in [5.41, 5.74) is 5.82. The van der Waals surface area contributed by atoms with E-state index in [1.54, 1.807) is 18.0 Å². The fourth-order valence-electron chi connectivity index (χ4n) is 1.67. The number of hydrogen-bond acceptors (Lipinski definition) is 2. The number of hydrogen-bond donors (Lipinski definition) is 1. The second-order valence-corrected chi connectivity index (χ2v) is 4.33. The average Bonchev–Trinajstić information content (AvgIpc) is 2.15. The monoisotopic (exact) mass is 256 g/mol. The van der Waals surface area contributed by atoms with Crippen molar-refractivity contribution in [1.29, 1.82) is 0 Å². The normalized spacial score (nSPS) is 12.5. The Balaban J connectivity index is 3.01. The van der Waals surface area contributed by atoms with E-state index in [2.05, 4.69) is 6.58 Å². The summed E-state index contributed by atoms with van der Waals surface area (Å²) in [6, 6.07) is 5.04. The van der Waals surface area contributed by atoms with Gasteiger partial charge in [-0.25, -0.2) is 4.39 Å². The Morgan fingerprint density at radius 2 is 2.29 bits per heavy atom. The number of carbonyl (C=O) groups excluding carboxylic acids is 1. The minimum Gasteiger partial charge on any atom is -0.368 e. The molecule has 1 atom stereocenters. The molecule has 1 rings (SSSR count). The second kappa shape index (κ2) is 5.80. The van der Waals surface area contributed by atoms with Crippen LogP contribution in [0.3, 0.4) is 0 Å². The third-order valence-corrected chi connectivity index (χ3v) is 2.42. The minimum absolute atomic E-state index is 0.297. The number of halogens is 2. The van der Waals surface area contributed by atoms with E-state index >= 15 is 0 Å². The van der Waals surface area contributed by atoms with Crippen LogP contribution in [-0.4, -0.2) is 24.4 Å². The molecule has 0 heterocycles. The molecule has 0 saturated carbocycles. The Bertz CT molecular complexity index is 436. The first-order chi connectivity index (χ1) is 7.91. The summed E-state index contributed by atoms with van der Waals surface area (Å²) in [7, 11) is 1.67. The van der Waals surface area contributed by atoms with Gasteiger partial charge in [-0.1, -0.05) is 30.3 Å². The van der Waals surface area contributed by atoms with Gasteiger partial charge in [0.2, 0.25) is 5.91 Å². The van der Waals surface area contributed by atoms with Gasteiger partial charge >= 0.3 is 0 Å². The van der Waals surface area contributed by atoms with E-state index in [1.165, 1.54) is 18.2 Å². The number of amides is 1. The van der Waals surface area contributed by atoms with Crippen LogP contribution >= 0.6 is 11.6 Å². The zero-order chi connectivity index (χ0) is 13.0. The molecule has 5 heteroatoms. The van der Waals surface area contributed by atoms with Gasteiger partial charge in [0.15, 0.2) is 0 Å². The predicted molar refractivity (Wildman–Crippen MR) is 66.0 cm³/mol. The molecule has 0 radical (unpaired) electrons. The Morgan fingerprint density at radius 1 is 1.65 bits per heavy atom. The predicted octanol–water partition coefficient (Wildman–Crippen LogP) is 2.04. The second-order valence-electron chi connectivity index (χ2n) is 3.79. The van der Waals surface area contributed by atoms with Crippen LogP contribution in [0.1, 0.15) is 11.6 Å². The molecule has 17 heavy (non-hydrogen) atoms. The number of nitrogens with two attached hydrogens (primary N) is 1. The molecular formula is C12H14ClFN2O. The molecule has 1 aromatic rings. The summed E-state index contributed by atoms with van der Waals surface area (Å²) in [6.45, 7) is 3.84. The molecular weight excluding hydrogens is 243 g/mol. The zero-order valence-corrected chi connectivity index (χ0v) is 10.2. The van der Waals surface area contributed by atoms with Gasteiger partial charge in [-0.05, 0) is 24.7 Å². The fraction of sp³-hybridized carbons (Fsp3) is 0.250. The molecule has 0 aliphatic carbocycles. The third-order valence-electron chi connectivity index (χ3n) is 2.30. The van der Waals surface area contributed by atoms with Crippen LogP contribution < -0.4 is 5.73 Å². The molecule has 0 fully saturated rings. The van der Waals surface area contributed by atoms with E-state index in [9.17, 15) is 9.18 Å². The number of rotatable bonds is 5. The highest BCUT2D eigenvalue weighted by Crippen LogP contribution is 2.21. The van der Waals surface area contributed by atoms with Gasteiger partial charge in [-0.15, -0.1) is 0 Å². The molecule has 2 N–H and O–H groups in total. The SMILES string of the molecule is C=C(Cl)CN(C)C(C(N)=O)c1cccc(F)c1. The van der Waals surface area contributed by atoms with Gasteiger partial charge in [0, 0.05) is 11.6 Å². The van der Waals surface area contributed by atoms with Crippen LogP contribution in [-0.2, 0) is 4.79 Å². The molecule has 0 saturated heterocycles. The van der Waals surface area contributed by atoms with Crippen molar-refractivity contribution < 1.29 is 9.18 Å². The maximum atomic E-state index is 13.1. The van der Waals surface area contributed by atoms with E-state index in [1.807, 2.05) is 0 Å². The quantitative estimate of drug-likeness (QED) is 0.876. The smallest absolute Gasteiger partial charge is 0.239 e. The largest absolute Gasteiger partial charge is 0.368 e. The van der Waals surface area contributed by atoms with Crippen molar-refractivity contribution in [2.24, 2.45) is 5.73 Å². The van der Waals surface area contributed by atoms with Crippen molar-refractivity contribution in [3.8, 4) is 0 Å². The molecule has 0 aromatic heterocycles. The fourth-order valence-corrected chi connectivity index (χ4v) is 1.86. The van der Waals surface area contributed by atoms with Gasteiger partial charge in [-0.2, -0.15) is 0 Å². The Morgan fingerprint density at radius 3 is 2.76 bits per heavy atom. The first-order valence-electron chi connectivity index (χ1n) is 5.00. The topological polar surface area (TPSA) is 46.3 Å². The lowest BCUT2D eigenvalue weighted by Crippen LogP contribution is -2.36.